The van der Waals surface area contributed by atoms with Gasteiger partial charge in [0.2, 0.25) is 0 Å². The summed E-state index contributed by atoms with van der Waals surface area (Å²) in [5, 5.41) is 0.401. The number of nitrogens with one attached hydrogen (secondary N) is 1. The minimum Gasteiger partial charge on any atom is -0.326 e. The fraction of sp³-hybridized carbons (Fsp3) is 0.417. The van der Waals surface area contributed by atoms with Crippen molar-refractivity contribution >= 4 is 11.0 Å². The number of nitrogens with zero attached hydrogens (tertiary/aromatic N) is 2. The van der Waals surface area contributed by atoms with Crippen LogP contribution in [0.1, 0.15) is 19.4 Å². The number of aromatic amines is 1. The van der Waals surface area contributed by atoms with Gasteiger partial charge in [0, 0.05) is 19.3 Å². The zero-order valence-electron chi connectivity index (χ0n) is 10.4. The van der Waals surface area contributed by atoms with Crippen molar-refractivity contribution in [1.82, 2.24) is 14.5 Å². The largest absolute Gasteiger partial charge is 0.330 e. The summed E-state index contributed by atoms with van der Waals surface area (Å²) in [5.41, 5.74) is 5.86. The summed E-state index contributed by atoms with van der Waals surface area (Å²) in [6, 6.07) is 1.68. The number of rotatable bonds is 3. The highest BCUT2D eigenvalue weighted by Gasteiger charge is 2.10. The highest BCUT2D eigenvalue weighted by molar-refractivity contribution is 5.74. The van der Waals surface area contributed by atoms with Crippen LogP contribution in [-0.4, -0.2) is 14.5 Å². The summed E-state index contributed by atoms with van der Waals surface area (Å²) in [5.74, 6) is 0.285. The first-order chi connectivity index (χ1) is 8.52. The lowest BCUT2D eigenvalue weighted by atomic mass is 10.2. The van der Waals surface area contributed by atoms with Crippen molar-refractivity contribution in [1.29, 1.82) is 0 Å². The van der Waals surface area contributed by atoms with Gasteiger partial charge in [-0.25, -0.2) is 9.78 Å². The zero-order valence-corrected chi connectivity index (χ0v) is 10.4. The summed E-state index contributed by atoms with van der Waals surface area (Å²) in [6.07, 6.45) is 1.60. The van der Waals surface area contributed by atoms with Gasteiger partial charge in [-0.15, -0.1) is 0 Å². The van der Waals surface area contributed by atoms with Crippen LogP contribution in [-0.2, 0) is 13.1 Å². The van der Waals surface area contributed by atoms with E-state index in [1.165, 1.54) is 4.57 Å². The second-order valence-electron chi connectivity index (χ2n) is 4.68. The Balaban J connectivity index is 2.78. The molecule has 0 aromatic carbocycles. The molecular formula is C12H16N4O2. The van der Waals surface area contributed by atoms with Crippen LogP contribution in [0.3, 0.4) is 0 Å². The number of hydrogen-bond donors (Lipinski definition) is 2. The van der Waals surface area contributed by atoms with Gasteiger partial charge in [0.1, 0.15) is 5.65 Å². The van der Waals surface area contributed by atoms with Gasteiger partial charge in [0.25, 0.3) is 5.56 Å². The van der Waals surface area contributed by atoms with E-state index in [9.17, 15) is 9.59 Å². The van der Waals surface area contributed by atoms with E-state index in [1.54, 1.807) is 12.3 Å². The van der Waals surface area contributed by atoms with Gasteiger partial charge in [0.05, 0.1) is 5.39 Å². The molecule has 2 rings (SSSR count). The molecule has 0 aliphatic heterocycles. The molecule has 2 aromatic heterocycles. The van der Waals surface area contributed by atoms with Crippen LogP contribution in [0.4, 0.5) is 0 Å². The molecule has 0 spiro atoms. The van der Waals surface area contributed by atoms with E-state index in [0.717, 1.165) is 5.56 Å². The second kappa shape index (κ2) is 4.73. The number of nitrogens with two attached hydrogens (primary N) is 1. The third kappa shape index (κ3) is 2.19. The van der Waals surface area contributed by atoms with E-state index >= 15 is 0 Å². The molecule has 0 radical (unpaired) electrons. The molecule has 18 heavy (non-hydrogen) atoms. The molecule has 6 nitrogen and oxygen atoms in total. The Morgan fingerprint density at radius 1 is 1.44 bits per heavy atom. The normalized spacial score (nSPS) is 11.3. The van der Waals surface area contributed by atoms with Gasteiger partial charge in [-0.1, -0.05) is 13.8 Å². The van der Waals surface area contributed by atoms with Gasteiger partial charge < -0.3 is 5.73 Å². The maximum Gasteiger partial charge on any atom is 0.330 e. The lowest BCUT2D eigenvalue weighted by molar-refractivity contribution is 0.513. The number of hydrogen-bond acceptors (Lipinski definition) is 4. The number of pyridine rings is 1. The first kappa shape index (κ1) is 12.5. The van der Waals surface area contributed by atoms with E-state index in [2.05, 4.69) is 9.97 Å². The molecule has 0 saturated heterocycles. The van der Waals surface area contributed by atoms with Crippen LogP contribution in [0.2, 0.25) is 0 Å². The summed E-state index contributed by atoms with van der Waals surface area (Å²) in [7, 11) is 0. The third-order valence-electron chi connectivity index (χ3n) is 2.67. The predicted molar refractivity (Wildman–Crippen MR) is 69.4 cm³/mol. The fourth-order valence-electron chi connectivity index (χ4n) is 1.86. The fourth-order valence-corrected chi connectivity index (χ4v) is 1.86. The molecular weight excluding hydrogens is 232 g/mol. The quantitative estimate of drug-likeness (QED) is 0.811. The molecule has 2 heterocycles. The molecule has 0 bridgehead atoms. The van der Waals surface area contributed by atoms with Crippen molar-refractivity contribution in [2.45, 2.75) is 26.9 Å². The van der Waals surface area contributed by atoms with E-state index in [4.69, 9.17) is 5.73 Å². The molecule has 2 aromatic rings. The van der Waals surface area contributed by atoms with E-state index in [0.29, 0.717) is 24.1 Å². The van der Waals surface area contributed by atoms with Crippen LogP contribution in [0.25, 0.3) is 11.0 Å². The van der Waals surface area contributed by atoms with Crippen LogP contribution in [0.15, 0.2) is 21.9 Å². The number of fused-ring (bicyclic) bond motifs is 1. The summed E-state index contributed by atoms with van der Waals surface area (Å²) >= 11 is 0. The molecule has 3 N–H and O–H groups in total. The first-order valence-corrected chi connectivity index (χ1v) is 5.84. The van der Waals surface area contributed by atoms with Crippen molar-refractivity contribution in [3.63, 3.8) is 0 Å². The van der Waals surface area contributed by atoms with E-state index < -0.39 is 11.2 Å². The predicted octanol–water partition coefficient (Wildman–Crippen LogP) is 0.199. The first-order valence-electron chi connectivity index (χ1n) is 5.84. The summed E-state index contributed by atoms with van der Waals surface area (Å²) < 4.78 is 1.49. The van der Waals surface area contributed by atoms with E-state index in [1.807, 2.05) is 13.8 Å². The molecule has 0 atom stereocenters. The van der Waals surface area contributed by atoms with Gasteiger partial charge in [-0.05, 0) is 17.5 Å². The Morgan fingerprint density at radius 2 is 2.17 bits per heavy atom. The van der Waals surface area contributed by atoms with Crippen LogP contribution < -0.4 is 17.0 Å². The molecule has 0 aliphatic carbocycles. The molecule has 6 heteroatoms. The Hall–Kier alpha value is -1.95. The Labute approximate surface area is 103 Å². The lowest BCUT2D eigenvalue weighted by Gasteiger charge is -2.11. The van der Waals surface area contributed by atoms with Crippen molar-refractivity contribution in [3.8, 4) is 0 Å². The Bertz CT molecular complexity index is 685. The van der Waals surface area contributed by atoms with Crippen molar-refractivity contribution < 1.29 is 0 Å². The standard InChI is InChI=1S/C12H16N4O2/c1-7(2)6-16-10-9(11(17)15-12(16)18)3-8(4-13)5-14-10/h3,5,7H,4,6,13H2,1-2H3,(H,15,17,18). The van der Waals surface area contributed by atoms with Crippen LogP contribution in [0, 0.1) is 5.92 Å². The van der Waals surface area contributed by atoms with E-state index in [-0.39, 0.29) is 5.92 Å². The smallest absolute Gasteiger partial charge is 0.326 e. The summed E-state index contributed by atoms with van der Waals surface area (Å²) in [6.45, 7) is 4.82. The van der Waals surface area contributed by atoms with Gasteiger partial charge in [-0.3, -0.25) is 14.3 Å². The maximum absolute atomic E-state index is 11.8. The molecule has 0 aliphatic rings. The lowest BCUT2D eigenvalue weighted by Crippen LogP contribution is -2.32. The molecule has 96 valence electrons. The molecule has 0 fully saturated rings. The Morgan fingerprint density at radius 3 is 2.78 bits per heavy atom. The third-order valence-corrected chi connectivity index (χ3v) is 2.67. The van der Waals surface area contributed by atoms with Crippen molar-refractivity contribution in [3.05, 3.63) is 38.7 Å². The number of aromatic nitrogens is 3. The van der Waals surface area contributed by atoms with Crippen LogP contribution >= 0.6 is 0 Å². The topological polar surface area (TPSA) is 93.8 Å². The minimum absolute atomic E-state index is 0.285. The average Bonchev–Trinajstić information content (AvgIpc) is 2.33. The van der Waals surface area contributed by atoms with Crippen molar-refractivity contribution in [2.75, 3.05) is 0 Å². The van der Waals surface area contributed by atoms with Crippen LogP contribution in [0.5, 0.6) is 0 Å². The van der Waals surface area contributed by atoms with Gasteiger partial charge >= 0.3 is 5.69 Å². The molecule has 0 saturated carbocycles. The number of H-pyrrole nitrogens is 1. The van der Waals surface area contributed by atoms with Gasteiger partial charge in [0.15, 0.2) is 0 Å². The average molecular weight is 248 g/mol. The highest BCUT2D eigenvalue weighted by Crippen LogP contribution is 2.08. The Kier molecular flexibility index (Phi) is 3.29. The molecule has 0 unspecified atom stereocenters. The maximum atomic E-state index is 11.8. The monoisotopic (exact) mass is 248 g/mol. The SMILES string of the molecule is CC(C)Cn1c(=O)[nH]c(=O)c2cc(CN)cnc21. The molecule has 0 amide bonds. The zero-order chi connectivity index (χ0) is 13.3. The summed E-state index contributed by atoms with van der Waals surface area (Å²) in [4.78, 5) is 30.0. The second-order valence-corrected chi connectivity index (χ2v) is 4.68. The minimum atomic E-state index is -0.422. The highest BCUT2D eigenvalue weighted by atomic mass is 16.2. The van der Waals surface area contributed by atoms with Gasteiger partial charge in [-0.2, -0.15) is 0 Å². The van der Waals surface area contributed by atoms with Crippen molar-refractivity contribution in [2.24, 2.45) is 11.7 Å².